The van der Waals surface area contributed by atoms with Crippen molar-refractivity contribution in [1.29, 1.82) is 15.8 Å². The van der Waals surface area contributed by atoms with Gasteiger partial charge in [0, 0.05) is 113 Å². The van der Waals surface area contributed by atoms with Gasteiger partial charge in [-0.05, 0) is 110 Å². The van der Waals surface area contributed by atoms with E-state index >= 15 is 26.3 Å². The SMILES string of the molecule is C=CC(=O)N1CCN(c2c(C#N)c(=O)n(-c3c(C)ccnc3C(C)C)c3nc(-c4c(F)c(O)c(Cl)c(Cl)c4F)c(Cl)cc23)CC1.C=CC(=O)N1CCN(c2c(C#N)c(=O)n(-c3c(C)ccnc3C(C)C)c3nc(-c4c(F)c(O)c(Cl)c(Cl)c4F)c(Cl)cc23)CC1.C=CC(=O)N1CCN(c2c(C#N)c(=O)n(-c3c(C)ccnc3C(C)C)c3nc(-c4c(F)c(O)c(Cl)c(Cl)c4F)c(Cl)cc23)CC1. The van der Waals surface area contributed by atoms with Crippen LogP contribution in [0.25, 0.3) is 83.9 Å². The van der Waals surface area contributed by atoms with E-state index in [1.807, 2.05) is 59.8 Å². The van der Waals surface area contributed by atoms with Crippen molar-refractivity contribution in [2.75, 3.05) is 93.2 Å². The Bertz CT molecular complexity index is 6650. The first-order valence-corrected chi connectivity index (χ1v) is 44.5. The third kappa shape index (κ3) is 17.8. The number of aromatic nitrogens is 9. The molecule has 0 bridgehead atoms. The number of piperazine rings is 3. The van der Waals surface area contributed by atoms with E-state index in [4.69, 9.17) is 104 Å². The molecule has 0 aliphatic carbocycles. The van der Waals surface area contributed by atoms with Crippen molar-refractivity contribution in [3.63, 3.8) is 0 Å². The van der Waals surface area contributed by atoms with Crippen molar-refractivity contribution in [3.8, 4) is 86.3 Å². The topological polar surface area (TPSA) is 346 Å². The maximum absolute atomic E-state index is 15.5. The molecule has 3 amide bonds. The molecule has 27 nitrogen and oxygen atoms in total. The summed E-state index contributed by atoms with van der Waals surface area (Å²) in [6.45, 7) is 30.2. The first-order chi connectivity index (χ1) is 64.0. The van der Waals surface area contributed by atoms with Gasteiger partial charge in [0.05, 0.1) is 115 Å². The summed E-state index contributed by atoms with van der Waals surface area (Å²) in [6, 6.07) is 15.2. The Morgan fingerprint density at radius 2 is 0.600 bits per heavy atom. The maximum Gasteiger partial charge on any atom is 0.276 e. The number of pyridine rings is 9. The van der Waals surface area contributed by atoms with Crippen LogP contribution in [-0.4, -0.2) is 170 Å². The molecule has 3 N–H and O–H groups in total. The molecular weight excluding hydrogens is 1950 g/mol. The number of fused-ring (bicyclic) bond motifs is 3. The van der Waals surface area contributed by atoms with E-state index in [1.54, 1.807) is 87.0 Å². The molecule has 42 heteroatoms. The van der Waals surface area contributed by atoms with Crippen LogP contribution < -0.4 is 31.4 Å². The molecule has 0 atom stereocenters. The predicted octanol–water partition coefficient (Wildman–Crippen LogP) is 19.6. The van der Waals surface area contributed by atoms with Crippen molar-refractivity contribution in [2.45, 2.75) is 80.1 Å². The van der Waals surface area contributed by atoms with Gasteiger partial charge in [-0.2, -0.15) is 15.8 Å². The van der Waals surface area contributed by atoms with Crippen molar-refractivity contribution < 1.29 is 56.0 Å². The fourth-order valence-electron chi connectivity index (χ4n) is 16.4. The summed E-state index contributed by atoms with van der Waals surface area (Å²) >= 11 is 55.3. The number of phenols is 3. The van der Waals surface area contributed by atoms with Crippen LogP contribution in [0.15, 0.2) is 107 Å². The van der Waals surface area contributed by atoms with E-state index < -0.39 is 133 Å². The first kappa shape index (κ1) is 99.7. The van der Waals surface area contributed by atoms with Gasteiger partial charge in [-0.3, -0.25) is 57.4 Å². The van der Waals surface area contributed by atoms with Crippen LogP contribution in [-0.2, 0) is 14.4 Å². The summed E-state index contributed by atoms with van der Waals surface area (Å²) in [4.78, 5) is 117. The number of hydrogen-bond donors (Lipinski definition) is 3. The van der Waals surface area contributed by atoms with Crippen molar-refractivity contribution in [2.24, 2.45) is 0 Å². The highest BCUT2D eigenvalue weighted by atomic mass is 35.5. The summed E-state index contributed by atoms with van der Waals surface area (Å²) < 4.78 is 96.3. The maximum atomic E-state index is 15.5. The van der Waals surface area contributed by atoms with E-state index in [0.717, 1.165) is 0 Å². The smallest absolute Gasteiger partial charge is 0.276 e. The van der Waals surface area contributed by atoms with Crippen LogP contribution in [0.1, 0.15) is 110 Å². The minimum absolute atomic E-state index is 0.0830. The number of amides is 3. The minimum atomic E-state index is -1.46. The minimum Gasteiger partial charge on any atom is -0.504 e. The second kappa shape index (κ2) is 40.1. The normalized spacial score (nSPS) is 13.4. The van der Waals surface area contributed by atoms with Gasteiger partial charge in [-0.1, -0.05) is 166 Å². The third-order valence-corrected chi connectivity index (χ3v) is 26.3. The van der Waals surface area contributed by atoms with Gasteiger partial charge in [0.1, 0.15) is 66.9 Å². The van der Waals surface area contributed by atoms with E-state index in [-0.39, 0.29) is 196 Å². The average Bonchev–Trinajstić information content (AvgIpc) is 0.728. The number of nitriles is 3. The second-order valence-electron chi connectivity index (χ2n) is 32.0. The Balaban J connectivity index is 0.000000171. The second-order valence-corrected chi connectivity index (χ2v) is 35.5. The highest BCUT2D eigenvalue weighted by Crippen LogP contribution is 2.50. The van der Waals surface area contributed by atoms with Crippen LogP contribution in [0.5, 0.6) is 17.2 Å². The van der Waals surface area contributed by atoms with Crippen molar-refractivity contribution in [1.82, 2.24) is 58.3 Å². The summed E-state index contributed by atoms with van der Waals surface area (Å²) in [5.74, 6) is -13.0. The number of halogens is 15. The van der Waals surface area contributed by atoms with Crippen LogP contribution in [0.3, 0.4) is 0 Å². The number of benzene rings is 3. The van der Waals surface area contributed by atoms with E-state index in [0.29, 0.717) is 50.8 Å². The Kier molecular flexibility index (Phi) is 29.6. The standard InChI is InChI=1S/3C31H25Cl3F2N6O3/c3*1-5-19(43)40-8-10-41(11-9-40)28-16-12-18(32)26(20-23(35)21(33)22(34)29(44)24(20)36)39-30(16)42(31(45)17(28)13-37)27-15(4)6-7-38-25(27)14(2)3/h3*5-7,12,14,44H,1,8-11H2,2-4H3. The molecule has 0 radical (unpaired) electrons. The number of carbonyl (C=O) groups excluding carboxylic acids is 3. The molecule has 3 aromatic carbocycles. The molecule has 3 aliphatic rings. The van der Waals surface area contributed by atoms with E-state index in [2.05, 4.69) is 49.6 Å². The molecule has 3 saturated heterocycles. The summed E-state index contributed by atoms with van der Waals surface area (Å²) in [7, 11) is 0. The number of aromatic hydroxyl groups is 3. The Labute approximate surface area is 810 Å². The number of carbonyl (C=O) groups is 3. The third-order valence-electron chi connectivity index (χ3n) is 23.0. The monoisotopic (exact) mass is 2020 g/mol. The highest BCUT2D eigenvalue weighted by molar-refractivity contribution is 6.45. The van der Waals surface area contributed by atoms with Crippen molar-refractivity contribution >= 4 is 172 Å². The van der Waals surface area contributed by atoms with Crippen molar-refractivity contribution in [3.05, 3.63) is 255 Å². The lowest BCUT2D eigenvalue weighted by atomic mass is 10.0. The van der Waals surface area contributed by atoms with E-state index in [9.17, 15) is 59.9 Å². The number of phenolic OH excluding ortho intramolecular Hbond substituents is 3. The number of hydrogen-bond acceptors (Lipinski definition) is 21. The fourth-order valence-corrected chi connectivity index (χ4v) is 18.2. The number of rotatable bonds is 15. The fraction of sp³-hybridized carbons (Fsp3) is 0.258. The molecular formula is C93H75Cl9F6N18O9. The number of anilines is 3. The zero-order valence-corrected chi connectivity index (χ0v) is 79.6. The number of nitrogens with zero attached hydrogens (tertiary/aromatic N) is 18. The molecule has 0 saturated carbocycles. The van der Waals surface area contributed by atoms with Crippen LogP contribution in [0.4, 0.5) is 43.4 Å². The highest BCUT2D eigenvalue weighted by Gasteiger charge is 2.39. The quantitative estimate of drug-likeness (QED) is 0.0371. The van der Waals surface area contributed by atoms with E-state index in [1.165, 1.54) is 50.1 Å². The Hall–Kier alpha value is -12.7. The lowest BCUT2D eigenvalue weighted by Gasteiger charge is -2.36. The lowest BCUT2D eigenvalue weighted by molar-refractivity contribution is -0.127. The van der Waals surface area contributed by atoms with Gasteiger partial charge in [-0.25, -0.2) is 41.3 Å². The molecule has 12 heterocycles. The molecule has 9 aromatic heterocycles. The van der Waals surface area contributed by atoms with Gasteiger partial charge < -0.3 is 44.7 Å². The summed E-state index contributed by atoms with van der Waals surface area (Å²) in [6.07, 6.45) is 8.39. The Morgan fingerprint density at radius 3 is 0.800 bits per heavy atom. The average molecular weight is 2020 g/mol. The Morgan fingerprint density at radius 1 is 0.378 bits per heavy atom. The van der Waals surface area contributed by atoms with Gasteiger partial charge in [0.2, 0.25) is 17.7 Å². The summed E-state index contributed by atoms with van der Waals surface area (Å²) in [5.41, 5.74) is -2.14. The molecule has 0 spiro atoms. The summed E-state index contributed by atoms with van der Waals surface area (Å²) in [5, 5.41) is 57.3. The lowest BCUT2D eigenvalue weighted by Crippen LogP contribution is -2.49. The molecule has 0 unspecified atom stereocenters. The molecule has 696 valence electrons. The zero-order valence-electron chi connectivity index (χ0n) is 72.8. The van der Waals surface area contributed by atoms with Crippen LogP contribution >= 0.6 is 104 Å². The molecule has 12 aromatic rings. The first-order valence-electron chi connectivity index (χ1n) is 41.1. The largest absolute Gasteiger partial charge is 0.504 e. The van der Waals surface area contributed by atoms with Gasteiger partial charge in [0.25, 0.3) is 16.7 Å². The van der Waals surface area contributed by atoms with Gasteiger partial charge in [-0.15, -0.1) is 0 Å². The predicted molar refractivity (Wildman–Crippen MR) is 509 cm³/mol. The van der Waals surface area contributed by atoms with Crippen LogP contribution in [0, 0.1) is 89.7 Å². The molecule has 135 heavy (non-hydrogen) atoms. The van der Waals surface area contributed by atoms with Gasteiger partial charge in [0.15, 0.2) is 52.2 Å². The van der Waals surface area contributed by atoms with Crippen LogP contribution in [0.2, 0.25) is 45.2 Å². The molecule has 3 fully saturated rings. The van der Waals surface area contributed by atoms with Gasteiger partial charge >= 0.3 is 0 Å². The molecule has 3 aliphatic heterocycles. The molecule has 15 rings (SSSR count). The number of aryl methyl sites for hydroxylation is 3. The zero-order chi connectivity index (χ0) is 98.7.